The lowest BCUT2D eigenvalue weighted by molar-refractivity contribution is -0.210. The number of aliphatic hydroxyl groups excluding tert-OH is 1. The number of rotatable bonds is 3. The summed E-state index contributed by atoms with van der Waals surface area (Å²) in [4.78, 5) is 7.84. The van der Waals surface area contributed by atoms with Gasteiger partial charge in [0.2, 0.25) is 11.7 Å². The van der Waals surface area contributed by atoms with Crippen LogP contribution in [-0.4, -0.2) is 32.5 Å². The van der Waals surface area contributed by atoms with E-state index in [1.54, 1.807) is 12.1 Å². The lowest BCUT2D eigenvalue weighted by Crippen LogP contribution is -2.33. The highest BCUT2D eigenvalue weighted by Crippen LogP contribution is 2.32. The van der Waals surface area contributed by atoms with Crippen molar-refractivity contribution >= 4 is 15.9 Å². The van der Waals surface area contributed by atoms with Crippen LogP contribution in [0.25, 0.3) is 11.5 Å². The van der Waals surface area contributed by atoms with Gasteiger partial charge in [0.05, 0.1) is 5.92 Å². The monoisotopic (exact) mass is 351 g/mol. The van der Waals surface area contributed by atoms with Gasteiger partial charge in [0.25, 0.3) is 0 Å². The van der Waals surface area contributed by atoms with E-state index < -0.39 is 18.2 Å². The average Bonchev–Trinajstić information content (AvgIpc) is 2.86. The van der Waals surface area contributed by atoms with Crippen LogP contribution in [0.1, 0.15) is 18.7 Å². The van der Waals surface area contributed by atoms with Crippen molar-refractivity contribution in [2.24, 2.45) is 0 Å². The maximum absolute atomic E-state index is 12.4. The summed E-state index contributed by atoms with van der Waals surface area (Å²) in [6.07, 6.45) is -5.83. The number of pyridine rings is 1. The van der Waals surface area contributed by atoms with E-state index in [0.717, 1.165) is 6.92 Å². The zero-order valence-electron chi connectivity index (χ0n) is 10.1. The Bertz CT molecular complexity index is 603. The van der Waals surface area contributed by atoms with Gasteiger partial charge in [-0.3, -0.25) is 4.98 Å². The normalized spacial score (nSPS) is 15.1. The average molecular weight is 352 g/mol. The van der Waals surface area contributed by atoms with Crippen LogP contribution in [0.2, 0.25) is 0 Å². The fourth-order valence-corrected chi connectivity index (χ4v) is 1.92. The van der Waals surface area contributed by atoms with Crippen LogP contribution in [0.15, 0.2) is 27.3 Å². The largest absolute Gasteiger partial charge is 0.415 e. The molecule has 5 nitrogen and oxygen atoms in total. The molecule has 20 heavy (non-hydrogen) atoms. The van der Waals surface area contributed by atoms with Gasteiger partial charge >= 0.3 is 6.18 Å². The molecule has 2 atom stereocenters. The first-order valence-corrected chi connectivity index (χ1v) is 6.29. The van der Waals surface area contributed by atoms with Crippen LogP contribution in [0, 0.1) is 0 Å². The summed E-state index contributed by atoms with van der Waals surface area (Å²) in [5.41, 5.74) is 0.344. The van der Waals surface area contributed by atoms with Crippen molar-refractivity contribution < 1.29 is 22.8 Å². The molecule has 0 fully saturated rings. The van der Waals surface area contributed by atoms with E-state index in [4.69, 9.17) is 9.63 Å². The van der Waals surface area contributed by atoms with Crippen molar-refractivity contribution in [1.29, 1.82) is 0 Å². The van der Waals surface area contributed by atoms with E-state index in [2.05, 4.69) is 31.1 Å². The molecule has 0 aliphatic heterocycles. The van der Waals surface area contributed by atoms with E-state index in [1.807, 2.05) is 0 Å². The maximum Gasteiger partial charge on any atom is 0.415 e. The Balaban J connectivity index is 2.28. The number of alkyl halides is 3. The minimum Gasteiger partial charge on any atom is -0.383 e. The summed E-state index contributed by atoms with van der Waals surface area (Å²) in [7, 11) is 0. The van der Waals surface area contributed by atoms with Gasteiger partial charge in [-0.1, -0.05) is 12.1 Å². The van der Waals surface area contributed by atoms with Crippen LogP contribution >= 0.6 is 15.9 Å². The minimum absolute atomic E-state index is 0.0497. The van der Waals surface area contributed by atoms with Crippen molar-refractivity contribution in [3.05, 3.63) is 28.7 Å². The molecule has 0 radical (unpaired) electrons. The standard InChI is InChI=1S/C11H9BrF3N3O2/c1-5(8(19)11(13,14)15)10-17-9(18-20-10)7-6(12)3-2-4-16-7/h2-5,8,19H,1H3. The molecule has 0 bridgehead atoms. The topological polar surface area (TPSA) is 72.0 Å². The van der Waals surface area contributed by atoms with E-state index >= 15 is 0 Å². The molecule has 9 heteroatoms. The third kappa shape index (κ3) is 2.98. The second kappa shape index (κ2) is 5.49. The second-order valence-electron chi connectivity index (χ2n) is 4.07. The zero-order chi connectivity index (χ0) is 14.9. The third-order valence-corrected chi connectivity index (χ3v) is 3.25. The Labute approximate surface area is 120 Å². The summed E-state index contributed by atoms with van der Waals surface area (Å²) < 4.78 is 42.6. The van der Waals surface area contributed by atoms with E-state index in [9.17, 15) is 13.2 Å². The lowest BCUT2D eigenvalue weighted by atomic mass is 10.0. The highest BCUT2D eigenvalue weighted by Gasteiger charge is 2.44. The van der Waals surface area contributed by atoms with Crippen LogP contribution in [0.5, 0.6) is 0 Å². The van der Waals surface area contributed by atoms with Gasteiger partial charge < -0.3 is 9.63 Å². The van der Waals surface area contributed by atoms with Crippen LogP contribution < -0.4 is 0 Å². The number of nitrogens with zero attached hydrogens (tertiary/aromatic N) is 3. The lowest BCUT2D eigenvalue weighted by Gasteiger charge is -2.17. The summed E-state index contributed by atoms with van der Waals surface area (Å²) >= 11 is 3.23. The highest BCUT2D eigenvalue weighted by atomic mass is 79.9. The first kappa shape index (κ1) is 14.9. The summed E-state index contributed by atoms with van der Waals surface area (Å²) in [5, 5.41) is 12.7. The Kier molecular flexibility index (Phi) is 4.09. The molecule has 0 aromatic carbocycles. The quantitative estimate of drug-likeness (QED) is 0.920. The molecule has 2 aromatic rings. The van der Waals surface area contributed by atoms with Crippen LogP contribution in [0.4, 0.5) is 13.2 Å². The molecule has 0 aliphatic rings. The molecule has 0 spiro atoms. The van der Waals surface area contributed by atoms with Crippen molar-refractivity contribution in [3.63, 3.8) is 0 Å². The summed E-state index contributed by atoms with van der Waals surface area (Å²) in [5.74, 6) is -1.62. The molecule has 2 heterocycles. The Morgan fingerprint density at radius 2 is 2.10 bits per heavy atom. The van der Waals surface area contributed by atoms with E-state index in [-0.39, 0.29) is 11.7 Å². The molecular formula is C11H9BrF3N3O2. The SMILES string of the molecule is CC(c1nc(-c2ncccc2Br)no1)C(O)C(F)(F)F. The Hall–Kier alpha value is -1.48. The van der Waals surface area contributed by atoms with Gasteiger partial charge in [-0.25, -0.2) is 0 Å². The highest BCUT2D eigenvalue weighted by molar-refractivity contribution is 9.10. The van der Waals surface area contributed by atoms with Gasteiger partial charge in [0.1, 0.15) is 5.69 Å². The molecule has 0 saturated heterocycles. The van der Waals surface area contributed by atoms with Crippen LogP contribution in [-0.2, 0) is 0 Å². The van der Waals surface area contributed by atoms with Gasteiger partial charge in [0, 0.05) is 10.7 Å². The first-order chi connectivity index (χ1) is 9.30. The van der Waals surface area contributed by atoms with Crippen LogP contribution in [0.3, 0.4) is 0 Å². The maximum atomic E-state index is 12.4. The summed E-state index contributed by atoms with van der Waals surface area (Å²) in [6, 6.07) is 3.36. The number of hydrogen-bond acceptors (Lipinski definition) is 5. The fraction of sp³-hybridized carbons (Fsp3) is 0.364. The smallest absolute Gasteiger partial charge is 0.383 e. The Morgan fingerprint density at radius 1 is 1.40 bits per heavy atom. The molecule has 0 amide bonds. The van der Waals surface area contributed by atoms with Gasteiger partial charge in [0.15, 0.2) is 6.10 Å². The van der Waals surface area contributed by atoms with Crippen molar-refractivity contribution in [2.45, 2.75) is 25.1 Å². The Morgan fingerprint density at radius 3 is 2.70 bits per heavy atom. The molecule has 2 unspecified atom stereocenters. The number of aliphatic hydroxyl groups is 1. The van der Waals surface area contributed by atoms with Crippen molar-refractivity contribution in [2.75, 3.05) is 0 Å². The molecule has 2 rings (SSSR count). The molecule has 1 N–H and O–H groups in total. The third-order valence-electron chi connectivity index (χ3n) is 2.61. The number of aromatic nitrogens is 3. The van der Waals surface area contributed by atoms with Gasteiger partial charge in [-0.15, -0.1) is 0 Å². The molecule has 0 aliphatic carbocycles. The van der Waals surface area contributed by atoms with E-state index in [1.165, 1.54) is 6.20 Å². The minimum atomic E-state index is -4.75. The van der Waals surface area contributed by atoms with E-state index in [0.29, 0.717) is 10.2 Å². The molecule has 108 valence electrons. The molecule has 0 saturated carbocycles. The predicted octanol–water partition coefficient (Wildman–Crippen LogP) is 2.92. The second-order valence-corrected chi connectivity index (χ2v) is 4.92. The van der Waals surface area contributed by atoms with Crippen molar-refractivity contribution in [3.8, 4) is 11.5 Å². The fourth-order valence-electron chi connectivity index (χ4n) is 1.49. The molecular weight excluding hydrogens is 343 g/mol. The predicted molar refractivity (Wildman–Crippen MR) is 65.7 cm³/mol. The van der Waals surface area contributed by atoms with Gasteiger partial charge in [-0.05, 0) is 28.1 Å². The van der Waals surface area contributed by atoms with Gasteiger partial charge in [-0.2, -0.15) is 18.2 Å². The zero-order valence-corrected chi connectivity index (χ0v) is 11.7. The number of halogens is 4. The summed E-state index contributed by atoms with van der Waals surface area (Å²) in [6.45, 7) is 1.16. The number of hydrogen-bond donors (Lipinski definition) is 1. The molecule has 2 aromatic heterocycles. The first-order valence-electron chi connectivity index (χ1n) is 5.50. The van der Waals surface area contributed by atoms with Crippen molar-refractivity contribution in [1.82, 2.24) is 15.1 Å².